The van der Waals surface area contributed by atoms with Crippen LogP contribution in [0.5, 0.6) is 0 Å². The van der Waals surface area contributed by atoms with Crippen molar-refractivity contribution in [2.75, 3.05) is 13.2 Å². The second-order valence-electron chi connectivity index (χ2n) is 5.95. The van der Waals surface area contributed by atoms with Crippen molar-refractivity contribution in [2.24, 2.45) is 0 Å². The van der Waals surface area contributed by atoms with Crippen LogP contribution in [0, 0.1) is 0 Å². The van der Waals surface area contributed by atoms with Crippen LogP contribution in [0.25, 0.3) is 0 Å². The zero-order valence-electron chi connectivity index (χ0n) is 10.8. The second-order valence-corrected chi connectivity index (χ2v) is 5.95. The van der Waals surface area contributed by atoms with Crippen molar-refractivity contribution >= 4 is 11.8 Å². The molecule has 3 fully saturated rings. The summed E-state index contributed by atoms with van der Waals surface area (Å²) in [5.41, 5.74) is -0.168. The fourth-order valence-electron chi connectivity index (χ4n) is 2.95. The first-order chi connectivity index (χ1) is 8.59. The highest BCUT2D eigenvalue weighted by Gasteiger charge is 2.47. The molecular weight excluding hydrogens is 232 g/mol. The van der Waals surface area contributed by atoms with Crippen LogP contribution in [0.3, 0.4) is 0 Å². The van der Waals surface area contributed by atoms with Gasteiger partial charge in [-0.25, -0.2) is 0 Å². The van der Waals surface area contributed by atoms with Gasteiger partial charge in [0, 0.05) is 18.2 Å². The van der Waals surface area contributed by atoms with Crippen LogP contribution >= 0.6 is 0 Å². The first-order valence-electron chi connectivity index (χ1n) is 6.80. The lowest BCUT2D eigenvalue weighted by Gasteiger charge is -2.36. The molecule has 100 valence electrons. The Balaban J connectivity index is 1.66. The molecule has 2 aliphatic heterocycles. The number of hydrogen-bond donors (Lipinski definition) is 1. The van der Waals surface area contributed by atoms with Gasteiger partial charge in [0.25, 0.3) is 0 Å². The van der Waals surface area contributed by atoms with Crippen LogP contribution in [0.2, 0.25) is 0 Å². The normalized spacial score (nSPS) is 37.4. The Bertz CT molecular complexity index is 372. The molecule has 3 aliphatic rings. The quantitative estimate of drug-likeness (QED) is 0.740. The molecule has 0 bridgehead atoms. The summed E-state index contributed by atoms with van der Waals surface area (Å²) in [7, 11) is 0. The van der Waals surface area contributed by atoms with E-state index >= 15 is 0 Å². The molecule has 2 heterocycles. The standard InChI is InChI=1S/C13H20N2O3/c1-13(5-2-6-18-8-13)14-10-7-11(16)15(12(10)17)9-3-4-9/h9-10,14H,2-8H2,1H3. The van der Waals surface area contributed by atoms with Gasteiger partial charge < -0.3 is 4.74 Å². The highest BCUT2D eigenvalue weighted by molar-refractivity contribution is 6.06. The molecule has 0 aromatic heterocycles. The van der Waals surface area contributed by atoms with E-state index in [0.29, 0.717) is 13.0 Å². The summed E-state index contributed by atoms with van der Waals surface area (Å²) in [5, 5.41) is 3.35. The third-order valence-corrected chi connectivity index (χ3v) is 4.06. The smallest absolute Gasteiger partial charge is 0.247 e. The largest absolute Gasteiger partial charge is 0.380 e. The van der Waals surface area contributed by atoms with Crippen molar-refractivity contribution in [2.45, 2.75) is 56.7 Å². The first kappa shape index (κ1) is 12.1. The number of carbonyl (C=O) groups excluding carboxylic acids is 2. The van der Waals surface area contributed by atoms with Gasteiger partial charge in [-0.2, -0.15) is 0 Å². The molecule has 5 nitrogen and oxygen atoms in total. The molecule has 0 aromatic carbocycles. The van der Waals surface area contributed by atoms with Gasteiger partial charge in [-0.15, -0.1) is 0 Å². The first-order valence-corrected chi connectivity index (χ1v) is 6.80. The minimum absolute atomic E-state index is 0.0136. The molecule has 2 amide bonds. The Kier molecular flexibility index (Phi) is 2.90. The lowest BCUT2D eigenvalue weighted by atomic mass is 9.93. The minimum atomic E-state index is -0.343. The third-order valence-electron chi connectivity index (χ3n) is 4.06. The topological polar surface area (TPSA) is 58.6 Å². The molecule has 0 radical (unpaired) electrons. The highest BCUT2D eigenvalue weighted by Crippen LogP contribution is 2.32. The minimum Gasteiger partial charge on any atom is -0.380 e. The van der Waals surface area contributed by atoms with Crippen molar-refractivity contribution in [3.8, 4) is 0 Å². The fourth-order valence-corrected chi connectivity index (χ4v) is 2.95. The molecule has 2 saturated heterocycles. The van der Waals surface area contributed by atoms with Gasteiger partial charge >= 0.3 is 0 Å². The van der Waals surface area contributed by atoms with Gasteiger partial charge in [0.05, 0.1) is 19.1 Å². The van der Waals surface area contributed by atoms with Crippen molar-refractivity contribution < 1.29 is 14.3 Å². The van der Waals surface area contributed by atoms with Crippen LogP contribution < -0.4 is 5.32 Å². The van der Waals surface area contributed by atoms with E-state index in [4.69, 9.17) is 4.74 Å². The summed E-state index contributed by atoms with van der Waals surface area (Å²) < 4.78 is 5.47. The van der Waals surface area contributed by atoms with Gasteiger partial charge in [-0.05, 0) is 32.6 Å². The molecular formula is C13H20N2O3. The number of ether oxygens (including phenoxy) is 1. The number of likely N-dealkylation sites (tertiary alicyclic amines) is 1. The molecule has 0 aromatic rings. The predicted octanol–water partition coefficient (Wildman–Crippen LogP) is 0.435. The van der Waals surface area contributed by atoms with E-state index in [0.717, 1.165) is 32.3 Å². The monoisotopic (exact) mass is 252 g/mol. The summed E-state index contributed by atoms with van der Waals surface area (Å²) in [6, 6.07) is -0.156. The Morgan fingerprint density at radius 3 is 2.78 bits per heavy atom. The summed E-state index contributed by atoms with van der Waals surface area (Å²) in [5.74, 6) is -0.0466. The van der Waals surface area contributed by atoms with Crippen LogP contribution in [-0.2, 0) is 14.3 Å². The van der Waals surface area contributed by atoms with Crippen LogP contribution in [0.1, 0.15) is 39.0 Å². The van der Waals surface area contributed by atoms with E-state index in [1.165, 1.54) is 4.90 Å². The van der Waals surface area contributed by atoms with Crippen molar-refractivity contribution in [1.82, 2.24) is 10.2 Å². The Morgan fingerprint density at radius 2 is 2.17 bits per heavy atom. The van der Waals surface area contributed by atoms with Crippen molar-refractivity contribution in [3.63, 3.8) is 0 Å². The summed E-state index contributed by atoms with van der Waals surface area (Å²) in [4.78, 5) is 25.5. The maximum absolute atomic E-state index is 12.2. The van der Waals surface area contributed by atoms with E-state index < -0.39 is 0 Å². The lowest BCUT2D eigenvalue weighted by molar-refractivity contribution is -0.139. The van der Waals surface area contributed by atoms with Crippen LogP contribution in [-0.4, -0.2) is 47.6 Å². The molecule has 1 N–H and O–H groups in total. The average Bonchev–Trinajstić information content (AvgIpc) is 3.09. The van der Waals surface area contributed by atoms with E-state index in [-0.39, 0.29) is 29.4 Å². The number of imide groups is 1. The molecule has 0 spiro atoms. The van der Waals surface area contributed by atoms with Crippen molar-refractivity contribution in [1.29, 1.82) is 0 Å². The SMILES string of the molecule is CC1(NC2CC(=O)N(C3CC3)C2=O)CCCOC1. The van der Waals surface area contributed by atoms with Gasteiger partial charge in [0.1, 0.15) is 0 Å². The van der Waals surface area contributed by atoms with E-state index in [1.807, 2.05) is 0 Å². The van der Waals surface area contributed by atoms with E-state index in [1.54, 1.807) is 0 Å². The Morgan fingerprint density at radius 1 is 1.39 bits per heavy atom. The fraction of sp³-hybridized carbons (Fsp3) is 0.846. The van der Waals surface area contributed by atoms with Crippen LogP contribution in [0.15, 0.2) is 0 Å². The van der Waals surface area contributed by atoms with Crippen LogP contribution in [0.4, 0.5) is 0 Å². The summed E-state index contributed by atoms with van der Waals surface area (Å²) >= 11 is 0. The Hall–Kier alpha value is -0.940. The number of carbonyl (C=O) groups is 2. The zero-order chi connectivity index (χ0) is 12.8. The molecule has 2 atom stereocenters. The molecule has 5 heteroatoms. The molecule has 1 saturated carbocycles. The number of nitrogens with one attached hydrogen (secondary N) is 1. The van der Waals surface area contributed by atoms with Crippen molar-refractivity contribution in [3.05, 3.63) is 0 Å². The maximum Gasteiger partial charge on any atom is 0.247 e. The van der Waals surface area contributed by atoms with Gasteiger partial charge in [-0.3, -0.25) is 19.8 Å². The summed E-state index contributed by atoms with van der Waals surface area (Å²) in [6.07, 6.45) is 4.26. The van der Waals surface area contributed by atoms with Gasteiger partial charge in [-0.1, -0.05) is 0 Å². The zero-order valence-corrected chi connectivity index (χ0v) is 10.8. The van der Waals surface area contributed by atoms with E-state index in [2.05, 4.69) is 12.2 Å². The number of nitrogens with zero attached hydrogens (tertiary/aromatic N) is 1. The third kappa shape index (κ3) is 2.17. The number of hydrogen-bond acceptors (Lipinski definition) is 4. The summed E-state index contributed by atoms with van der Waals surface area (Å²) in [6.45, 7) is 3.49. The molecule has 18 heavy (non-hydrogen) atoms. The maximum atomic E-state index is 12.2. The Labute approximate surface area is 107 Å². The number of amides is 2. The second kappa shape index (κ2) is 4.31. The van der Waals surface area contributed by atoms with Gasteiger partial charge in [0.15, 0.2) is 0 Å². The predicted molar refractivity (Wildman–Crippen MR) is 64.9 cm³/mol. The average molecular weight is 252 g/mol. The lowest BCUT2D eigenvalue weighted by Crippen LogP contribution is -2.55. The molecule has 3 rings (SSSR count). The molecule has 2 unspecified atom stereocenters. The number of rotatable bonds is 3. The molecule has 1 aliphatic carbocycles. The van der Waals surface area contributed by atoms with E-state index in [9.17, 15) is 9.59 Å². The van der Waals surface area contributed by atoms with Gasteiger partial charge in [0.2, 0.25) is 11.8 Å². The highest BCUT2D eigenvalue weighted by atomic mass is 16.5.